The summed E-state index contributed by atoms with van der Waals surface area (Å²) >= 11 is 1.41. The van der Waals surface area contributed by atoms with E-state index < -0.39 is 0 Å². The second-order valence-corrected chi connectivity index (χ2v) is 6.19. The van der Waals surface area contributed by atoms with Crippen molar-refractivity contribution in [3.8, 4) is 0 Å². The monoisotopic (exact) mass is 305 g/mol. The highest BCUT2D eigenvalue weighted by atomic mass is 32.1. The zero-order chi connectivity index (χ0) is 15.0. The fourth-order valence-corrected chi connectivity index (χ4v) is 2.90. The third-order valence-corrected chi connectivity index (χ3v) is 4.40. The normalized spacial score (nSPS) is 14.2. The van der Waals surface area contributed by atoms with Crippen LogP contribution in [-0.4, -0.2) is 25.7 Å². The van der Waals surface area contributed by atoms with Crippen molar-refractivity contribution in [2.45, 2.75) is 32.1 Å². The Morgan fingerprint density at radius 2 is 2.24 bits per heavy atom. The molecule has 1 aliphatic rings. The number of aromatic nitrogens is 4. The predicted molar refractivity (Wildman–Crippen MR) is 78.4 cm³/mol. The molecule has 0 saturated heterocycles. The highest BCUT2D eigenvalue weighted by molar-refractivity contribution is 7.15. The second kappa shape index (κ2) is 5.36. The topological polar surface area (TPSA) is 89.8 Å². The Balaban J connectivity index is 1.68. The van der Waals surface area contributed by atoms with Gasteiger partial charge in [-0.2, -0.15) is 0 Å². The molecule has 110 valence electrons. The van der Waals surface area contributed by atoms with Gasteiger partial charge in [-0.3, -0.25) is 9.59 Å². The summed E-state index contributed by atoms with van der Waals surface area (Å²) in [4.78, 5) is 27.9. The lowest BCUT2D eigenvalue weighted by atomic mass is 10.2. The molecule has 1 saturated carbocycles. The Kier molecular flexibility index (Phi) is 3.54. The van der Waals surface area contributed by atoms with Gasteiger partial charge in [0.25, 0.3) is 5.56 Å². The quantitative estimate of drug-likeness (QED) is 0.910. The van der Waals surface area contributed by atoms with Crippen LogP contribution in [0.25, 0.3) is 0 Å². The number of hydrogen-bond donors (Lipinski definition) is 1. The van der Waals surface area contributed by atoms with Crippen LogP contribution in [0.5, 0.6) is 0 Å². The lowest BCUT2D eigenvalue weighted by Gasteiger charge is -2.05. The van der Waals surface area contributed by atoms with Crippen LogP contribution in [0.2, 0.25) is 0 Å². The number of nitrogens with zero attached hydrogens (tertiary/aromatic N) is 4. The summed E-state index contributed by atoms with van der Waals surface area (Å²) in [5.74, 6) is 0.284. The van der Waals surface area contributed by atoms with E-state index in [1.54, 1.807) is 14.0 Å². The van der Waals surface area contributed by atoms with Gasteiger partial charge in [-0.25, -0.2) is 4.98 Å². The van der Waals surface area contributed by atoms with Gasteiger partial charge in [0, 0.05) is 18.5 Å². The van der Waals surface area contributed by atoms with E-state index in [2.05, 4.69) is 20.5 Å². The number of aryl methyl sites for hydroxylation is 1. The fourth-order valence-electron chi connectivity index (χ4n) is 1.97. The Hall–Kier alpha value is -2.09. The molecule has 1 N–H and O–H groups in total. The minimum atomic E-state index is -0.239. The van der Waals surface area contributed by atoms with E-state index in [1.165, 1.54) is 22.2 Å². The Morgan fingerprint density at radius 3 is 2.95 bits per heavy atom. The van der Waals surface area contributed by atoms with Crippen molar-refractivity contribution in [1.82, 2.24) is 19.7 Å². The first-order valence-electron chi connectivity index (χ1n) is 6.69. The van der Waals surface area contributed by atoms with Gasteiger partial charge in [0.15, 0.2) is 0 Å². The molecule has 1 fully saturated rings. The van der Waals surface area contributed by atoms with Gasteiger partial charge < -0.3 is 9.88 Å². The Bertz CT molecular complexity index is 747. The molecular formula is C13H15N5O2S. The second-order valence-electron chi connectivity index (χ2n) is 5.18. The summed E-state index contributed by atoms with van der Waals surface area (Å²) in [5.41, 5.74) is 0.841. The van der Waals surface area contributed by atoms with Crippen LogP contribution in [0.1, 0.15) is 35.0 Å². The lowest BCUT2D eigenvalue weighted by Crippen LogP contribution is -2.24. The molecule has 2 aromatic heterocycles. The van der Waals surface area contributed by atoms with Crippen LogP contribution in [0.3, 0.4) is 0 Å². The first-order valence-corrected chi connectivity index (χ1v) is 7.50. The van der Waals surface area contributed by atoms with Gasteiger partial charge >= 0.3 is 0 Å². The number of nitrogens with one attached hydrogen (secondary N) is 1. The molecule has 1 aliphatic carbocycles. The molecule has 21 heavy (non-hydrogen) atoms. The largest absolute Gasteiger partial charge is 0.302 e. The van der Waals surface area contributed by atoms with Gasteiger partial charge in [-0.15, -0.1) is 10.2 Å². The van der Waals surface area contributed by atoms with Crippen molar-refractivity contribution in [1.29, 1.82) is 0 Å². The molecule has 1 amide bonds. The van der Waals surface area contributed by atoms with Crippen LogP contribution < -0.4 is 10.9 Å². The van der Waals surface area contributed by atoms with E-state index >= 15 is 0 Å². The van der Waals surface area contributed by atoms with Gasteiger partial charge in [0.2, 0.25) is 11.0 Å². The van der Waals surface area contributed by atoms with Crippen molar-refractivity contribution in [2.75, 3.05) is 5.32 Å². The van der Waals surface area contributed by atoms with Crippen LogP contribution in [-0.2, 0) is 18.3 Å². The minimum Gasteiger partial charge on any atom is -0.302 e. The van der Waals surface area contributed by atoms with Crippen molar-refractivity contribution in [3.63, 3.8) is 0 Å². The van der Waals surface area contributed by atoms with Crippen molar-refractivity contribution < 1.29 is 4.79 Å². The van der Waals surface area contributed by atoms with Gasteiger partial charge in [-0.05, 0) is 19.8 Å². The molecule has 0 radical (unpaired) electrons. The number of amides is 1. The van der Waals surface area contributed by atoms with Crippen LogP contribution in [0.4, 0.5) is 5.13 Å². The fraction of sp³-hybridized carbons (Fsp3) is 0.462. The summed E-state index contributed by atoms with van der Waals surface area (Å²) in [6.45, 7) is 1.67. The van der Waals surface area contributed by atoms with E-state index in [1.807, 2.05) is 0 Å². The molecule has 0 unspecified atom stereocenters. The maximum Gasteiger partial charge on any atom is 0.256 e. The summed E-state index contributed by atoms with van der Waals surface area (Å²) in [5, 5.41) is 12.2. The standard InChI is InChI=1S/C13H15N5O2S/c1-7-9(14-6-18(2)12(7)20)5-10(19)15-13-17-16-11(21-13)8-3-4-8/h6,8H,3-5H2,1-2H3,(H,15,17,19). The molecule has 0 aliphatic heterocycles. The molecular weight excluding hydrogens is 290 g/mol. The molecule has 0 spiro atoms. The number of rotatable bonds is 4. The van der Waals surface area contributed by atoms with Gasteiger partial charge in [-0.1, -0.05) is 11.3 Å². The van der Waals surface area contributed by atoms with E-state index in [9.17, 15) is 9.59 Å². The number of carbonyl (C=O) groups excluding carboxylic acids is 1. The molecule has 8 heteroatoms. The summed E-state index contributed by atoms with van der Waals surface area (Å²) < 4.78 is 1.39. The van der Waals surface area contributed by atoms with Crippen LogP contribution >= 0.6 is 11.3 Å². The molecule has 0 bridgehead atoms. The summed E-state index contributed by atoms with van der Waals surface area (Å²) in [6.07, 6.45) is 3.78. The Morgan fingerprint density at radius 1 is 1.48 bits per heavy atom. The van der Waals surface area contributed by atoms with Gasteiger partial charge in [0.05, 0.1) is 18.4 Å². The molecule has 0 aromatic carbocycles. The average Bonchev–Trinajstić information content (AvgIpc) is 3.20. The Labute approximate surface area is 125 Å². The zero-order valence-corrected chi connectivity index (χ0v) is 12.6. The van der Waals surface area contributed by atoms with Crippen LogP contribution in [0, 0.1) is 6.92 Å². The SMILES string of the molecule is Cc1c(CC(=O)Nc2nnc(C3CC3)s2)ncn(C)c1=O. The predicted octanol–water partition coefficient (Wildman–Crippen LogP) is 0.999. The van der Waals surface area contributed by atoms with Crippen molar-refractivity contribution in [2.24, 2.45) is 7.05 Å². The first kappa shape index (κ1) is 13.9. The smallest absolute Gasteiger partial charge is 0.256 e. The van der Waals surface area contributed by atoms with E-state index in [0.717, 1.165) is 17.8 Å². The molecule has 0 atom stereocenters. The first-order chi connectivity index (χ1) is 10.0. The molecule has 2 heterocycles. The van der Waals surface area contributed by atoms with E-state index in [0.29, 0.717) is 22.3 Å². The van der Waals surface area contributed by atoms with Crippen LogP contribution in [0.15, 0.2) is 11.1 Å². The maximum atomic E-state index is 12.0. The number of hydrogen-bond acceptors (Lipinski definition) is 6. The van der Waals surface area contributed by atoms with Gasteiger partial charge in [0.1, 0.15) is 5.01 Å². The average molecular weight is 305 g/mol. The van der Waals surface area contributed by atoms with E-state index in [4.69, 9.17) is 0 Å². The summed E-state index contributed by atoms with van der Waals surface area (Å²) in [7, 11) is 1.63. The minimum absolute atomic E-state index is 0.0558. The summed E-state index contributed by atoms with van der Waals surface area (Å²) in [6, 6.07) is 0. The molecule has 7 nitrogen and oxygen atoms in total. The number of carbonyl (C=O) groups is 1. The maximum absolute atomic E-state index is 12.0. The molecule has 3 rings (SSSR count). The third kappa shape index (κ3) is 2.99. The third-order valence-electron chi connectivity index (χ3n) is 3.40. The highest BCUT2D eigenvalue weighted by Crippen LogP contribution is 2.41. The molecule has 2 aromatic rings. The van der Waals surface area contributed by atoms with Crippen molar-refractivity contribution >= 4 is 22.4 Å². The lowest BCUT2D eigenvalue weighted by molar-refractivity contribution is -0.115. The van der Waals surface area contributed by atoms with E-state index in [-0.39, 0.29) is 17.9 Å². The highest BCUT2D eigenvalue weighted by Gasteiger charge is 2.27. The number of anilines is 1. The zero-order valence-electron chi connectivity index (χ0n) is 11.8. The van der Waals surface area contributed by atoms with Crippen molar-refractivity contribution in [3.05, 3.63) is 32.9 Å².